The molecule has 1 heterocycles. The third-order valence-corrected chi connectivity index (χ3v) is 3.55. The lowest BCUT2D eigenvalue weighted by Gasteiger charge is -2.06. The number of rotatable bonds is 5. The molecule has 96 valence electrons. The van der Waals surface area contributed by atoms with E-state index in [0.717, 1.165) is 16.5 Å². The van der Waals surface area contributed by atoms with E-state index in [0.29, 0.717) is 18.8 Å². The van der Waals surface area contributed by atoms with E-state index < -0.39 is 0 Å². The van der Waals surface area contributed by atoms with Gasteiger partial charge in [-0.15, -0.1) is 10.2 Å². The zero-order valence-corrected chi connectivity index (χ0v) is 11.0. The average Bonchev–Trinajstić information content (AvgIpc) is 2.69. The highest BCUT2D eigenvalue weighted by Gasteiger charge is 2.08. The quantitative estimate of drug-likeness (QED) is 0.841. The van der Waals surface area contributed by atoms with Gasteiger partial charge in [0.05, 0.1) is 0 Å². The Balaban J connectivity index is 2.06. The summed E-state index contributed by atoms with van der Waals surface area (Å²) >= 11 is 1.54. The van der Waals surface area contributed by atoms with Crippen LogP contribution in [0.25, 0.3) is 0 Å². The highest BCUT2D eigenvalue weighted by Crippen LogP contribution is 2.21. The van der Waals surface area contributed by atoms with Gasteiger partial charge in [0.2, 0.25) is 0 Å². The minimum atomic E-state index is -0.215. The number of benzene rings is 1. The van der Waals surface area contributed by atoms with E-state index >= 15 is 0 Å². The van der Waals surface area contributed by atoms with Crippen LogP contribution in [-0.4, -0.2) is 21.3 Å². The van der Waals surface area contributed by atoms with Gasteiger partial charge >= 0.3 is 0 Å². The first-order valence-corrected chi connectivity index (χ1v) is 6.66. The lowest BCUT2D eigenvalue weighted by atomic mass is 10.2. The summed E-state index contributed by atoms with van der Waals surface area (Å²) in [7, 11) is 0. The van der Waals surface area contributed by atoms with E-state index in [1.165, 1.54) is 23.9 Å². The molecule has 0 unspecified atom stereocenters. The second-order valence-electron chi connectivity index (χ2n) is 3.89. The molecule has 0 atom stereocenters. The van der Waals surface area contributed by atoms with Crippen LogP contribution in [-0.2, 0) is 12.3 Å². The van der Waals surface area contributed by atoms with Crippen molar-refractivity contribution in [3.8, 4) is 0 Å². The van der Waals surface area contributed by atoms with E-state index in [9.17, 15) is 4.39 Å². The fraction of sp³-hybridized carbons (Fsp3) is 0.333. The first-order valence-electron chi connectivity index (χ1n) is 5.68. The molecular weight excluding hydrogens is 251 g/mol. The Bertz CT molecular complexity index is 527. The number of hydrogen-bond acceptors (Lipinski definition) is 4. The molecule has 2 rings (SSSR count). The molecule has 2 aromatic rings. The fourth-order valence-corrected chi connectivity index (χ4v) is 2.58. The molecule has 0 aliphatic heterocycles. The SMILES string of the molecule is Cc1nnc(SCc2cccc(F)c2)n1CCN. The number of thioether (sulfide) groups is 1. The minimum Gasteiger partial charge on any atom is -0.329 e. The van der Waals surface area contributed by atoms with E-state index in [4.69, 9.17) is 5.73 Å². The number of nitrogens with two attached hydrogens (primary N) is 1. The van der Waals surface area contributed by atoms with E-state index in [2.05, 4.69) is 10.2 Å². The molecule has 0 radical (unpaired) electrons. The van der Waals surface area contributed by atoms with Gasteiger partial charge in [-0.05, 0) is 24.6 Å². The summed E-state index contributed by atoms with van der Waals surface area (Å²) in [6.45, 7) is 3.14. The maximum Gasteiger partial charge on any atom is 0.191 e. The molecular formula is C12H15FN4S. The third-order valence-electron chi connectivity index (χ3n) is 2.51. The van der Waals surface area contributed by atoms with Crippen molar-refractivity contribution in [3.63, 3.8) is 0 Å². The second kappa shape index (κ2) is 5.97. The summed E-state index contributed by atoms with van der Waals surface area (Å²) < 4.78 is 15.0. The monoisotopic (exact) mass is 266 g/mol. The number of aromatic nitrogens is 3. The third kappa shape index (κ3) is 3.08. The molecule has 0 amide bonds. The normalized spacial score (nSPS) is 10.8. The summed E-state index contributed by atoms with van der Waals surface area (Å²) in [5.41, 5.74) is 6.48. The molecule has 0 saturated heterocycles. The number of hydrogen-bond donors (Lipinski definition) is 1. The van der Waals surface area contributed by atoms with Gasteiger partial charge in [-0.3, -0.25) is 0 Å². The first-order chi connectivity index (χ1) is 8.70. The van der Waals surface area contributed by atoms with Crippen LogP contribution in [0.15, 0.2) is 29.4 Å². The molecule has 1 aromatic heterocycles. The van der Waals surface area contributed by atoms with Crippen LogP contribution in [0.5, 0.6) is 0 Å². The lowest BCUT2D eigenvalue weighted by molar-refractivity contribution is 0.625. The van der Waals surface area contributed by atoms with Crippen molar-refractivity contribution >= 4 is 11.8 Å². The largest absolute Gasteiger partial charge is 0.329 e. The molecule has 0 saturated carbocycles. The zero-order chi connectivity index (χ0) is 13.0. The van der Waals surface area contributed by atoms with Crippen molar-refractivity contribution in [2.45, 2.75) is 24.4 Å². The van der Waals surface area contributed by atoms with Gasteiger partial charge < -0.3 is 10.3 Å². The molecule has 6 heteroatoms. The van der Waals surface area contributed by atoms with Crippen molar-refractivity contribution in [2.75, 3.05) is 6.54 Å². The van der Waals surface area contributed by atoms with Gasteiger partial charge in [-0.1, -0.05) is 23.9 Å². The predicted molar refractivity (Wildman–Crippen MR) is 69.8 cm³/mol. The summed E-state index contributed by atoms with van der Waals surface area (Å²) in [6.07, 6.45) is 0. The Labute approximate surface area is 109 Å². The van der Waals surface area contributed by atoms with Crippen molar-refractivity contribution in [3.05, 3.63) is 41.5 Å². The van der Waals surface area contributed by atoms with Crippen molar-refractivity contribution in [1.82, 2.24) is 14.8 Å². The highest BCUT2D eigenvalue weighted by molar-refractivity contribution is 7.98. The smallest absolute Gasteiger partial charge is 0.191 e. The fourth-order valence-electron chi connectivity index (χ4n) is 1.63. The summed E-state index contributed by atoms with van der Waals surface area (Å²) in [5.74, 6) is 1.30. The van der Waals surface area contributed by atoms with Crippen molar-refractivity contribution < 1.29 is 4.39 Å². The van der Waals surface area contributed by atoms with Crippen molar-refractivity contribution in [1.29, 1.82) is 0 Å². The topological polar surface area (TPSA) is 56.7 Å². The number of aryl methyl sites for hydroxylation is 1. The molecule has 0 aliphatic rings. The molecule has 0 aliphatic carbocycles. The van der Waals surface area contributed by atoms with Crippen LogP contribution < -0.4 is 5.73 Å². The molecule has 0 spiro atoms. The maximum atomic E-state index is 13.0. The molecule has 0 bridgehead atoms. The van der Waals surface area contributed by atoms with Gasteiger partial charge in [0, 0.05) is 18.8 Å². The summed E-state index contributed by atoms with van der Waals surface area (Å²) in [5, 5.41) is 8.95. The second-order valence-corrected chi connectivity index (χ2v) is 4.83. The Morgan fingerprint density at radius 1 is 1.39 bits per heavy atom. The molecule has 4 nitrogen and oxygen atoms in total. The van der Waals surface area contributed by atoms with Crippen LogP contribution in [0.3, 0.4) is 0 Å². The zero-order valence-electron chi connectivity index (χ0n) is 10.1. The Kier molecular flexibility index (Phi) is 4.33. The van der Waals surface area contributed by atoms with E-state index in [1.54, 1.807) is 6.07 Å². The van der Waals surface area contributed by atoms with Crippen LogP contribution in [0.4, 0.5) is 4.39 Å². The average molecular weight is 266 g/mol. The Morgan fingerprint density at radius 2 is 2.22 bits per heavy atom. The van der Waals surface area contributed by atoms with Gasteiger partial charge in [-0.2, -0.15) is 0 Å². The van der Waals surface area contributed by atoms with Gasteiger partial charge in [0.25, 0.3) is 0 Å². The predicted octanol–water partition coefficient (Wildman–Crippen LogP) is 1.98. The van der Waals surface area contributed by atoms with Gasteiger partial charge in [0.1, 0.15) is 11.6 Å². The molecule has 18 heavy (non-hydrogen) atoms. The molecule has 2 N–H and O–H groups in total. The van der Waals surface area contributed by atoms with Gasteiger partial charge in [-0.25, -0.2) is 4.39 Å². The summed E-state index contributed by atoms with van der Waals surface area (Å²) in [6, 6.07) is 6.58. The number of halogens is 1. The first kappa shape index (κ1) is 13.0. The van der Waals surface area contributed by atoms with Crippen molar-refractivity contribution in [2.24, 2.45) is 5.73 Å². The van der Waals surface area contributed by atoms with Gasteiger partial charge in [0.15, 0.2) is 5.16 Å². The molecule has 0 fully saturated rings. The Hall–Kier alpha value is -1.40. The van der Waals surface area contributed by atoms with Crippen LogP contribution in [0.1, 0.15) is 11.4 Å². The Morgan fingerprint density at radius 3 is 2.94 bits per heavy atom. The lowest BCUT2D eigenvalue weighted by Crippen LogP contribution is -2.12. The van der Waals surface area contributed by atoms with Crippen LogP contribution in [0, 0.1) is 12.7 Å². The summed E-state index contributed by atoms with van der Waals surface area (Å²) in [4.78, 5) is 0. The minimum absolute atomic E-state index is 0.215. The van der Waals surface area contributed by atoms with E-state index in [1.807, 2.05) is 17.6 Å². The standard InChI is InChI=1S/C12H15FN4S/c1-9-15-16-12(17(9)6-5-14)18-8-10-3-2-4-11(13)7-10/h2-4,7H,5-6,8,14H2,1H3. The highest BCUT2D eigenvalue weighted by atomic mass is 32.2. The molecule has 1 aromatic carbocycles. The number of nitrogens with zero attached hydrogens (tertiary/aromatic N) is 3. The van der Waals surface area contributed by atoms with Crippen LogP contribution >= 0.6 is 11.8 Å². The maximum absolute atomic E-state index is 13.0. The van der Waals surface area contributed by atoms with E-state index in [-0.39, 0.29) is 5.82 Å². The van der Waals surface area contributed by atoms with Crippen LogP contribution in [0.2, 0.25) is 0 Å².